The van der Waals surface area contributed by atoms with E-state index < -0.39 is 5.91 Å². The molecule has 0 atom stereocenters. The van der Waals surface area contributed by atoms with Crippen molar-refractivity contribution in [3.05, 3.63) is 82.9 Å². The molecule has 1 aliphatic heterocycles. The SMILES string of the molecule is O=C(C=Cc1ccc(C=CC(=O)c2cccc(CN3CCOCC3)c2)cc1)NO. The molecule has 0 spiro atoms. The fourth-order valence-electron chi connectivity index (χ4n) is 3.04. The number of carbonyl (C=O) groups excluding carboxylic acids is 2. The summed E-state index contributed by atoms with van der Waals surface area (Å²) in [5.74, 6) is -0.632. The minimum absolute atomic E-state index is 0.0441. The van der Waals surface area contributed by atoms with E-state index in [0.29, 0.717) is 5.56 Å². The van der Waals surface area contributed by atoms with Crippen LogP contribution in [0.25, 0.3) is 12.2 Å². The van der Waals surface area contributed by atoms with Gasteiger partial charge in [-0.2, -0.15) is 0 Å². The van der Waals surface area contributed by atoms with Crippen molar-refractivity contribution >= 4 is 23.8 Å². The summed E-state index contributed by atoms with van der Waals surface area (Å²) in [5.41, 5.74) is 5.02. The smallest absolute Gasteiger partial charge is 0.267 e. The minimum atomic E-state index is -0.588. The van der Waals surface area contributed by atoms with Gasteiger partial charge in [-0.15, -0.1) is 0 Å². The van der Waals surface area contributed by atoms with Crippen molar-refractivity contribution in [2.75, 3.05) is 26.3 Å². The first-order chi connectivity index (χ1) is 14.1. The summed E-state index contributed by atoms with van der Waals surface area (Å²) in [4.78, 5) is 25.9. The maximum atomic E-state index is 12.5. The van der Waals surface area contributed by atoms with Crippen molar-refractivity contribution < 1.29 is 19.5 Å². The molecule has 0 unspecified atom stereocenters. The number of amides is 1. The number of nitrogens with zero attached hydrogens (tertiary/aromatic N) is 1. The first kappa shape index (κ1) is 20.7. The summed E-state index contributed by atoms with van der Waals surface area (Å²) in [6.07, 6.45) is 6.16. The number of ketones is 1. The highest BCUT2D eigenvalue weighted by Gasteiger charge is 2.11. The van der Waals surface area contributed by atoms with Gasteiger partial charge < -0.3 is 4.74 Å². The number of ether oxygens (including phenoxy) is 1. The number of hydroxylamine groups is 1. The van der Waals surface area contributed by atoms with Crippen LogP contribution in [0.5, 0.6) is 0 Å². The number of morpholine rings is 1. The lowest BCUT2D eigenvalue weighted by Crippen LogP contribution is -2.35. The third kappa shape index (κ3) is 6.50. The van der Waals surface area contributed by atoms with E-state index in [2.05, 4.69) is 4.90 Å². The van der Waals surface area contributed by atoms with Crippen molar-refractivity contribution in [1.29, 1.82) is 0 Å². The highest BCUT2D eigenvalue weighted by Crippen LogP contribution is 2.13. The highest BCUT2D eigenvalue weighted by molar-refractivity contribution is 6.06. The van der Waals surface area contributed by atoms with Gasteiger partial charge in [0.25, 0.3) is 5.91 Å². The maximum absolute atomic E-state index is 12.5. The lowest BCUT2D eigenvalue weighted by Gasteiger charge is -2.26. The number of nitrogens with one attached hydrogen (secondary N) is 1. The van der Waals surface area contributed by atoms with E-state index in [4.69, 9.17) is 9.94 Å². The van der Waals surface area contributed by atoms with E-state index in [1.165, 1.54) is 11.6 Å². The van der Waals surface area contributed by atoms with Crippen LogP contribution in [0.3, 0.4) is 0 Å². The number of hydrogen-bond acceptors (Lipinski definition) is 5. The van der Waals surface area contributed by atoms with Gasteiger partial charge in [-0.05, 0) is 34.9 Å². The summed E-state index contributed by atoms with van der Waals surface area (Å²) in [6.45, 7) is 4.15. The molecule has 0 bridgehead atoms. The Morgan fingerprint density at radius 2 is 1.66 bits per heavy atom. The van der Waals surface area contributed by atoms with Gasteiger partial charge in [-0.3, -0.25) is 19.7 Å². The molecule has 2 aromatic carbocycles. The quantitative estimate of drug-likeness (QED) is 0.328. The second-order valence-corrected chi connectivity index (χ2v) is 6.76. The Labute approximate surface area is 170 Å². The zero-order valence-corrected chi connectivity index (χ0v) is 16.1. The van der Waals surface area contributed by atoms with E-state index in [-0.39, 0.29) is 5.78 Å². The maximum Gasteiger partial charge on any atom is 0.267 e. The van der Waals surface area contributed by atoms with Gasteiger partial charge in [0, 0.05) is 31.3 Å². The Balaban J connectivity index is 1.60. The summed E-state index contributed by atoms with van der Waals surface area (Å²) >= 11 is 0. The molecule has 1 aliphatic rings. The predicted molar refractivity (Wildman–Crippen MR) is 111 cm³/mol. The largest absolute Gasteiger partial charge is 0.379 e. The zero-order chi connectivity index (χ0) is 20.5. The molecule has 6 heteroatoms. The van der Waals surface area contributed by atoms with Crippen molar-refractivity contribution in [2.45, 2.75) is 6.54 Å². The first-order valence-electron chi connectivity index (χ1n) is 9.48. The highest BCUT2D eigenvalue weighted by atomic mass is 16.5. The summed E-state index contributed by atoms with van der Waals surface area (Å²) < 4.78 is 5.37. The molecule has 1 heterocycles. The van der Waals surface area contributed by atoms with Gasteiger partial charge >= 0.3 is 0 Å². The van der Waals surface area contributed by atoms with Gasteiger partial charge in [0.1, 0.15) is 0 Å². The van der Waals surface area contributed by atoms with E-state index in [9.17, 15) is 9.59 Å². The van der Waals surface area contributed by atoms with E-state index in [0.717, 1.165) is 49.5 Å². The van der Waals surface area contributed by atoms with E-state index in [1.807, 2.05) is 48.5 Å². The lowest BCUT2D eigenvalue weighted by molar-refractivity contribution is -0.124. The molecule has 0 aromatic heterocycles. The fourth-order valence-corrected chi connectivity index (χ4v) is 3.04. The van der Waals surface area contributed by atoms with Crippen LogP contribution in [-0.2, 0) is 16.1 Å². The Bertz CT molecular complexity index is 897. The molecular formula is C23H24N2O4. The molecule has 29 heavy (non-hydrogen) atoms. The molecule has 6 nitrogen and oxygen atoms in total. The normalized spacial score (nSPS) is 15.1. The Morgan fingerprint density at radius 1 is 1.00 bits per heavy atom. The van der Waals surface area contributed by atoms with Gasteiger partial charge in [-0.25, -0.2) is 5.48 Å². The minimum Gasteiger partial charge on any atom is -0.379 e. The topological polar surface area (TPSA) is 78.9 Å². The fraction of sp³-hybridized carbons (Fsp3) is 0.217. The van der Waals surface area contributed by atoms with Crippen LogP contribution in [0.15, 0.2) is 60.7 Å². The molecule has 2 N–H and O–H groups in total. The Hall–Kier alpha value is -3.06. The number of benzene rings is 2. The third-order valence-electron chi connectivity index (χ3n) is 4.62. The second kappa shape index (κ2) is 10.5. The van der Waals surface area contributed by atoms with Crippen LogP contribution < -0.4 is 5.48 Å². The van der Waals surface area contributed by atoms with E-state index in [1.54, 1.807) is 18.2 Å². The van der Waals surface area contributed by atoms with Crippen LogP contribution in [0, 0.1) is 0 Å². The van der Waals surface area contributed by atoms with Gasteiger partial charge in [0.15, 0.2) is 5.78 Å². The first-order valence-corrected chi connectivity index (χ1v) is 9.48. The predicted octanol–water partition coefficient (Wildman–Crippen LogP) is 2.93. The number of rotatable bonds is 7. The van der Waals surface area contributed by atoms with Gasteiger partial charge in [0.05, 0.1) is 13.2 Å². The molecule has 1 amide bonds. The molecule has 0 saturated carbocycles. The van der Waals surface area contributed by atoms with Crippen molar-refractivity contribution in [1.82, 2.24) is 10.4 Å². The number of carbonyl (C=O) groups is 2. The third-order valence-corrected chi connectivity index (χ3v) is 4.62. The lowest BCUT2D eigenvalue weighted by atomic mass is 10.0. The molecule has 1 saturated heterocycles. The van der Waals surface area contributed by atoms with Crippen LogP contribution >= 0.6 is 0 Å². The van der Waals surface area contributed by atoms with Gasteiger partial charge in [0.2, 0.25) is 0 Å². The van der Waals surface area contributed by atoms with Crippen molar-refractivity contribution in [3.63, 3.8) is 0 Å². The molecular weight excluding hydrogens is 368 g/mol. The second-order valence-electron chi connectivity index (χ2n) is 6.76. The average molecular weight is 392 g/mol. The zero-order valence-electron chi connectivity index (χ0n) is 16.1. The molecule has 0 aliphatic carbocycles. The van der Waals surface area contributed by atoms with Crippen molar-refractivity contribution in [3.8, 4) is 0 Å². The molecule has 150 valence electrons. The Kier molecular flexibility index (Phi) is 7.47. The molecule has 3 rings (SSSR count). The molecule has 2 aromatic rings. The van der Waals surface area contributed by atoms with Crippen LogP contribution in [0.4, 0.5) is 0 Å². The standard InChI is InChI=1S/C23H24N2O4/c26-22(10-8-18-4-6-19(7-5-18)9-11-23(27)24-28)21-3-1-2-20(16-21)17-25-12-14-29-15-13-25/h1-11,16,28H,12-15,17H2,(H,24,27). The average Bonchev–Trinajstić information content (AvgIpc) is 2.77. The van der Waals surface area contributed by atoms with Crippen LogP contribution in [0.2, 0.25) is 0 Å². The molecule has 1 fully saturated rings. The molecule has 0 radical (unpaired) electrons. The number of hydrogen-bond donors (Lipinski definition) is 2. The van der Waals surface area contributed by atoms with Crippen LogP contribution in [0.1, 0.15) is 27.0 Å². The Morgan fingerprint density at radius 3 is 2.31 bits per heavy atom. The summed E-state index contributed by atoms with van der Waals surface area (Å²) in [6, 6.07) is 15.1. The van der Waals surface area contributed by atoms with Crippen molar-refractivity contribution in [2.24, 2.45) is 0 Å². The van der Waals surface area contributed by atoms with Gasteiger partial charge in [-0.1, -0.05) is 48.5 Å². The monoisotopic (exact) mass is 392 g/mol. The summed E-state index contributed by atoms with van der Waals surface area (Å²) in [7, 11) is 0. The summed E-state index contributed by atoms with van der Waals surface area (Å²) in [5, 5.41) is 8.47. The van der Waals surface area contributed by atoms with Crippen LogP contribution in [-0.4, -0.2) is 48.1 Å². The number of allylic oxidation sites excluding steroid dienone is 1. The van der Waals surface area contributed by atoms with E-state index >= 15 is 0 Å².